The Hall–Kier alpha value is -3.21. The van der Waals surface area contributed by atoms with Crippen LogP contribution in [0.1, 0.15) is 57.3 Å². The van der Waals surface area contributed by atoms with Crippen LogP contribution in [0, 0.1) is 5.41 Å². The lowest BCUT2D eigenvalue weighted by molar-refractivity contribution is 0.0548. The molecule has 3 N–H and O–H groups in total. The van der Waals surface area contributed by atoms with Crippen molar-refractivity contribution in [3.05, 3.63) is 76.9 Å². The van der Waals surface area contributed by atoms with E-state index < -0.39 is 23.2 Å². The van der Waals surface area contributed by atoms with Gasteiger partial charge in [-0.25, -0.2) is 4.79 Å². The molecule has 0 amide bonds. The molecule has 0 spiro atoms. The summed E-state index contributed by atoms with van der Waals surface area (Å²) in [5.41, 5.74) is 3.65. The Labute approximate surface area is 184 Å². The minimum atomic E-state index is -0.709. The molecule has 0 saturated heterocycles. The Balaban J connectivity index is 1.88. The van der Waals surface area contributed by atoms with E-state index in [-0.39, 0.29) is 17.6 Å². The first-order valence-electron chi connectivity index (χ1n) is 10.4. The molecule has 1 aliphatic carbocycles. The Morgan fingerprint density at radius 2 is 1.77 bits per heavy atom. The molecule has 1 aliphatic rings. The molecule has 0 aliphatic heterocycles. The molecule has 2 rings (SSSR count). The Kier molecular flexibility index (Phi) is 8.31. The average Bonchev–Trinajstić information content (AvgIpc) is 2.70. The number of aromatic hydroxyl groups is 3. The molecule has 0 saturated carbocycles. The summed E-state index contributed by atoms with van der Waals surface area (Å²) in [4.78, 5) is 12.0. The fourth-order valence-corrected chi connectivity index (χ4v) is 3.27. The highest BCUT2D eigenvalue weighted by Crippen LogP contribution is 2.37. The molecule has 0 atom stereocenters. The molecule has 0 radical (unpaired) electrons. The number of phenols is 3. The maximum atomic E-state index is 12.0. The number of carbonyl (C=O) groups excluding carboxylic acids is 1. The zero-order chi connectivity index (χ0) is 23.0. The second kappa shape index (κ2) is 10.7. The molecule has 0 bridgehead atoms. The predicted octanol–water partition coefficient (Wildman–Crippen LogP) is 6.10. The number of allylic oxidation sites excluding steroid dienone is 9. The molecule has 5 nitrogen and oxygen atoms in total. The SMILES string of the molecule is CC(/C=C/C1=CCCCC1(C)C)=C\C=C\C(C)=C\COC(=O)c1cc(O)c(O)c(O)c1. The maximum absolute atomic E-state index is 12.0. The van der Waals surface area contributed by atoms with Gasteiger partial charge < -0.3 is 20.1 Å². The summed E-state index contributed by atoms with van der Waals surface area (Å²) in [6, 6.07) is 2.08. The van der Waals surface area contributed by atoms with E-state index >= 15 is 0 Å². The fourth-order valence-electron chi connectivity index (χ4n) is 3.27. The molecule has 0 unspecified atom stereocenters. The average molecular weight is 425 g/mol. The maximum Gasteiger partial charge on any atom is 0.338 e. The summed E-state index contributed by atoms with van der Waals surface area (Å²) >= 11 is 0. The second-order valence-electron chi connectivity index (χ2n) is 8.45. The molecule has 5 heteroatoms. The summed E-state index contributed by atoms with van der Waals surface area (Å²) < 4.78 is 5.12. The number of ether oxygens (including phenoxy) is 1. The summed E-state index contributed by atoms with van der Waals surface area (Å²) in [7, 11) is 0. The van der Waals surface area contributed by atoms with Gasteiger partial charge in [-0.2, -0.15) is 0 Å². The van der Waals surface area contributed by atoms with E-state index in [0.29, 0.717) is 0 Å². The molecule has 166 valence electrons. The number of hydrogen-bond acceptors (Lipinski definition) is 5. The highest BCUT2D eigenvalue weighted by Gasteiger charge is 2.23. The van der Waals surface area contributed by atoms with E-state index in [2.05, 4.69) is 39.0 Å². The van der Waals surface area contributed by atoms with Crippen molar-refractivity contribution < 1.29 is 24.9 Å². The number of rotatable bonds is 7. The van der Waals surface area contributed by atoms with Crippen molar-refractivity contribution in [2.24, 2.45) is 5.41 Å². The number of phenolic OH excluding ortho intramolecular Hbond substituents is 3. The standard InChI is InChI=1S/C26H32O5/c1-18(11-12-21-10-5-6-14-26(21,3)4)8-7-9-19(2)13-15-31-25(30)20-16-22(27)24(29)23(28)17-20/h7-13,16-17,27-29H,5-6,14-15H2,1-4H3/b9-7+,12-11+,18-8+,19-13+. The van der Waals surface area contributed by atoms with E-state index in [9.17, 15) is 20.1 Å². The van der Waals surface area contributed by atoms with Crippen molar-refractivity contribution in [2.45, 2.75) is 47.0 Å². The van der Waals surface area contributed by atoms with Gasteiger partial charge in [0, 0.05) is 0 Å². The van der Waals surface area contributed by atoms with Crippen molar-refractivity contribution in [3.8, 4) is 17.2 Å². The van der Waals surface area contributed by atoms with E-state index in [1.54, 1.807) is 6.08 Å². The van der Waals surface area contributed by atoms with Crippen LogP contribution in [-0.2, 0) is 4.74 Å². The van der Waals surface area contributed by atoms with Gasteiger partial charge in [-0.1, -0.05) is 61.4 Å². The smallest absolute Gasteiger partial charge is 0.338 e. The summed E-state index contributed by atoms with van der Waals surface area (Å²) in [6.07, 6.45) is 17.9. The van der Waals surface area contributed by atoms with Crippen LogP contribution in [0.15, 0.2) is 71.4 Å². The third kappa shape index (κ3) is 7.21. The van der Waals surface area contributed by atoms with E-state index in [1.165, 1.54) is 18.4 Å². The highest BCUT2D eigenvalue weighted by atomic mass is 16.5. The van der Waals surface area contributed by atoms with Gasteiger partial charge in [0.1, 0.15) is 6.61 Å². The van der Waals surface area contributed by atoms with Gasteiger partial charge >= 0.3 is 5.97 Å². The number of benzene rings is 1. The van der Waals surface area contributed by atoms with Crippen molar-refractivity contribution in [2.75, 3.05) is 6.61 Å². The largest absolute Gasteiger partial charge is 0.504 e. The zero-order valence-electron chi connectivity index (χ0n) is 18.7. The number of carbonyl (C=O) groups is 1. The van der Waals surface area contributed by atoms with Crippen LogP contribution in [0.25, 0.3) is 0 Å². The van der Waals surface area contributed by atoms with Crippen LogP contribution < -0.4 is 0 Å². The highest BCUT2D eigenvalue weighted by molar-refractivity contribution is 5.91. The first kappa shape index (κ1) is 24.1. The monoisotopic (exact) mass is 424 g/mol. The van der Waals surface area contributed by atoms with Crippen LogP contribution in [0.5, 0.6) is 17.2 Å². The lowest BCUT2D eigenvalue weighted by Gasteiger charge is -2.30. The van der Waals surface area contributed by atoms with Gasteiger partial charge in [-0.15, -0.1) is 0 Å². The van der Waals surface area contributed by atoms with Gasteiger partial charge in [0.15, 0.2) is 17.2 Å². The van der Waals surface area contributed by atoms with Gasteiger partial charge in [-0.3, -0.25) is 0 Å². The number of hydrogen-bond donors (Lipinski definition) is 3. The first-order chi connectivity index (χ1) is 14.6. The molecular formula is C26H32O5. The van der Waals surface area contributed by atoms with E-state index in [1.807, 2.05) is 25.2 Å². The van der Waals surface area contributed by atoms with Gasteiger partial charge in [-0.05, 0) is 62.3 Å². The molecule has 0 heterocycles. The first-order valence-corrected chi connectivity index (χ1v) is 10.4. The Bertz CT molecular complexity index is 935. The van der Waals surface area contributed by atoms with Crippen LogP contribution >= 0.6 is 0 Å². The Morgan fingerprint density at radius 1 is 1.10 bits per heavy atom. The quantitative estimate of drug-likeness (QED) is 0.280. The topological polar surface area (TPSA) is 87.0 Å². The van der Waals surface area contributed by atoms with Crippen LogP contribution in [0.4, 0.5) is 0 Å². The van der Waals surface area contributed by atoms with E-state index in [0.717, 1.165) is 29.7 Å². The zero-order valence-corrected chi connectivity index (χ0v) is 18.7. The molecule has 31 heavy (non-hydrogen) atoms. The fraction of sp³-hybridized carbons (Fsp3) is 0.346. The minimum absolute atomic E-state index is 0.0449. The van der Waals surface area contributed by atoms with Crippen LogP contribution in [0.3, 0.4) is 0 Å². The lowest BCUT2D eigenvalue weighted by atomic mass is 9.75. The Morgan fingerprint density at radius 3 is 2.42 bits per heavy atom. The minimum Gasteiger partial charge on any atom is -0.504 e. The molecule has 0 fully saturated rings. The number of esters is 1. The molecule has 1 aromatic carbocycles. The molecule has 1 aromatic rings. The summed E-state index contributed by atoms with van der Waals surface area (Å²) in [5.74, 6) is -2.54. The van der Waals surface area contributed by atoms with Gasteiger partial charge in [0.2, 0.25) is 0 Å². The van der Waals surface area contributed by atoms with Crippen molar-refractivity contribution in [1.29, 1.82) is 0 Å². The predicted molar refractivity (Wildman–Crippen MR) is 123 cm³/mol. The van der Waals surface area contributed by atoms with Gasteiger partial charge in [0.05, 0.1) is 5.56 Å². The van der Waals surface area contributed by atoms with Crippen molar-refractivity contribution in [1.82, 2.24) is 0 Å². The lowest BCUT2D eigenvalue weighted by Crippen LogP contribution is -2.16. The van der Waals surface area contributed by atoms with Gasteiger partial charge in [0.25, 0.3) is 0 Å². The van der Waals surface area contributed by atoms with Crippen LogP contribution in [-0.4, -0.2) is 27.9 Å². The van der Waals surface area contributed by atoms with Crippen LogP contribution in [0.2, 0.25) is 0 Å². The van der Waals surface area contributed by atoms with Crippen molar-refractivity contribution in [3.63, 3.8) is 0 Å². The summed E-state index contributed by atoms with van der Waals surface area (Å²) in [5, 5.41) is 28.3. The second-order valence-corrected chi connectivity index (χ2v) is 8.45. The van der Waals surface area contributed by atoms with E-state index in [4.69, 9.17) is 4.74 Å². The normalized spacial score (nSPS) is 17.2. The molecule has 0 aromatic heterocycles. The third-order valence-electron chi connectivity index (χ3n) is 5.32. The third-order valence-corrected chi connectivity index (χ3v) is 5.32. The summed E-state index contributed by atoms with van der Waals surface area (Å²) in [6.45, 7) is 8.57. The van der Waals surface area contributed by atoms with Crippen molar-refractivity contribution >= 4 is 5.97 Å². The molecular weight excluding hydrogens is 392 g/mol.